The summed E-state index contributed by atoms with van der Waals surface area (Å²) in [6.07, 6.45) is 3.87. The first-order valence-electron chi connectivity index (χ1n) is 11.6. The lowest BCUT2D eigenvalue weighted by molar-refractivity contribution is -0.140. The molecule has 9 nitrogen and oxygen atoms in total. The van der Waals surface area contributed by atoms with Gasteiger partial charge in [-0.1, -0.05) is 37.1 Å². The van der Waals surface area contributed by atoms with Crippen LogP contribution in [-0.2, 0) is 26.2 Å². The Hall–Kier alpha value is -3.40. The normalized spacial score (nSPS) is 17.7. The highest BCUT2D eigenvalue weighted by Gasteiger charge is 2.43. The van der Waals surface area contributed by atoms with E-state index in [4.69, 9.17) is 4.74 Å². The van der Waals surface area contributed by atoms with Crippen molar-refractivity contribution in [2.75, 3.05) is 13.7 Å². The van der Waals surface area contributed by atoms with Gasteiger partial charge in [0.15, 0.2) is 0 Å². The molecule has 4 rings (SSSR count). The van der Waals surface area contributed by atoms with Crippen LogP contribution in [0.4, 0.5) is 0 Å². The molecular weight excluding hydrogens is 470 g/mol. The highest BCUT2D eigenvalue weighted by molar-refractivity contribution is 7.90. The molecule has 1 fully saturated rings. The largest absolute Gasteiger partial charge is 0.497 e. The highest BCUT2D eigenvalue weighted by Crippen LogP contribution is 2.30. The van der Waals surface area contributed by atoms with Crippen molar-refractivity contribution in [3.63, 3.8) is 0 Å². The molecule has 0 spiro atoms. The van der Waals surface area contributed by atoms with Crippen molar-refractivity contribution >= 4 is 27.7 Å². The van der Waals surface area contributed by atoms with Crippen molar-refractivity contribution in [2.24, 2.45) is 0 Å². The first-order chi connectivity index (χ1) is 16.7. The second-order valence-corrected chi connectivity index (χ2v) is 10.7. The first-order valence-corrected chi connectivity index (χ1v) is 13.0. The molecule has 186 valence electrons. The van der Waals surface area contributed by atoms with E-state index in [0.29, 0.717) is 15.6 Å². The topological polar surface area (TPSA) is 113 Å². The molecule has 10 heteroatoms. The molecular formula is C25H29N3O6S. The zero-order valence-electron chi connectivity index (χ0n) is 19.8. The maximum atomic E-state index is 13.5. The third kappa shape index (κ3) is 5.02. The molecule has 1 aliphatic heterocycles. The Bertz CT molecular complexity index is 1240. The summed E-state index contributed by atoms with van der Waals surface area (Å²) in [6, 6.07) is 12.1. The van der Waals surface area contributed by atoms with Crippen LogP contribution in [0.25, 0.3) is 0 Å². The number of hydrogen-bond donors (Lipinski definition) is 1. The van der Waals surface area contributed by atoms with Gasteiger partial charge in [0, 0.05) is 12.6 Å². The van der Waals surface area contributed by atoms with Gasteiger partial charge in [0.2, 0.25) is 11.8 Å². The predicted octanol–water partition coefficient (Wildman–Crippen LogP) is 2.32. The minimum Gasteiger partial charge on any atom is -0.497 e. The maximum Gasteiger partial charge on any atom is 0.269 e. The Morgan fingerprint density at radius 3 is 2.54 bits per heavy atom. The fraction of sp³-hybridized carbons (Fsp3) is 0.400. The van der Waals surface area contributed by atoms with Gasteiger partial charge in [-0.2, -0.15) is 0 Å². The van der Waals surface area contributed by atoms with Crippen molar-refractivity contribution < 1.29 is 27.5 Å². The summed E-state index contributed by atoms with van der Waals surface area (Å²) in [7, 11) is -2.63. The molecule has 0 unspecified atom stereocenters. The average molecular weight is 500 g/mol. The minimum absolute atomic E-state index is 0.0340. The number of hydrogen-bond acceptors (Lipinski definition) is 6. The van der Waals surface area contributed by atoms with E-state index in [1.807, 2.05) is 0 Å². The van der Waals surface area contributed by atoms with Crippen LogP contribution in [0.2, 0.25) is 0 Å². The van der Waals surface area contributed by atoms with Crippen molar-refractivity contribution in [2.45, 2.75) is 56.1 Å². The summed E-state index contributed by atoms with van der Waals surface area (Å²) < 4.78 is 31.8. The summed E-state index contributed by atoms with van der Waals surface area (Å²) >= 11 is 0. The highest BCUT2D eigenvalue weighted by atomic mass is 32.2. The molecule has 3 amide bonds. The SMILES string of the molecule is COc1cccc(CN(C(=O)CN2C(=O)c3ccccc3S2(=O)=O)[C@@H](C)C(=O)NC2CCCC2)c1. The molecule has 2 aromatic carbocycles. The quantitative estimate of drug-likeness (QED) is 0.596. The smallest absolute Gasteiger partial charge is 0.269 e. The zero-order valence-corrected chi connectivity index (χ0v) is 20.6. The van der Waals surface area contributed by atoms with Crippen LogP contribution in [0.5, 0.6) is 5.75 Å². The molecule has 2 aliphatic rings. The van der Waals surface area contributed by atoms with Crippen LogP contribution >= 0.6 is 0 Å². The molecule has 0 saturated heterocycles. The second-order valence-electron chi connectivity index (χ2n) is 8.85. The van der Waals surface area contributed by atoms with Crippen LogP contribution in [0, 0.1) is 0 Å². The molecule has 0 bridgehead atoms. The molecule has 1 atom stereocenters. The van der Waals surface area contributed by atoms with E-state index in [-0.39, 0.29) is 29.0 Å². The molecule has 1 saturated carbocycles. The Balaban J connectivity index is 1.59. The lowest BCUT2D eigenvalue weighted by Gasteiger charge is -2.31. The number of nitrogens with zero attached hydrogens (tertiary/aromatic N) is 2. The number of carbonyl (C=O) groups is 3. The molecule has 0 radical (unpaired) electrons. The van der Waals surface area contributed by atoms with Gasteiger partial charge in [0.1, 0.15) is 23.2 Å². The lowest BCUT2D eigenvalue weighted by atomic mass is 10.1. The lowest BCUT2D eigenvalue weighted by Crippen LogP contribution is -2.52. The minimum atomic E-state index is -4.16. The fourth-order valence-corrected chi connectivity index (χ4v) is 6.06. The van der Waals surface area contributed by atoms with Crippen molar-refractivity contribution in [1.82, 2.24) is 14.5 Å². The van der Waals surface area contributed by atoms with E-state index < -0.39 is 34.4 Å². The summed E-state index contributed by atoms with van der Waals surface area (Å²) in [4.78, 5) is 40.5. The summed E-state index contributed by atoms with van der Waals surface area (Å²) in [6.45, 7) is 0.961. The first kappa shape index (κ1) is 24.7. The van der Waals surface area contributed by atoms with Crippen LogP contribution < -0.4 is 10.1 Å². The van der Waals surface area contributed by atoms with E-state index >= 15 is 0 Å². The standard InChI is InChI=1S/C25H29N3O6S/c1-17(24(30)26-19-9-3-4-10-19)27(15-18-8-7-11-20(14-18)34-2)23(29)16-28-25(31)21-12-5-6-13-22(21)35(28,32)33/h5-8,11-14,17,19H,3-4,9-10,15-16H2,1-2H3,(H,26,30)/t17-/m0/s1. The Kier molecular flexibility index (Phi) is 7.11. The molecule has 1 heterocycles. The van der Waals surface area contributed by atoms with E-state index in [0.717, 1.165) is 25.7 Å². The predicted molar refractivity (Wildman–Crippen MR) is 128 cm³/mol. The Labute approximate surface area is 205 Å². The van der Waals surface area contributed by atoms with Gasteiger partial charge < -0.3 is 15.0 Å². The third-order valence-corrected chi connectivity index (χ3v) is 8.33. The fourth-order valence-electron chi connectivity index (χ4n) is 4.54. The molecule has 2 aromatic rings. The number of benzene rings is 2. The van der Waals surface area contributed by atoms with Crippen LogP contribution in [0.1, 0.15) is 48.5 Å². The number of nitrogens with one attached hydrogen (secondary N) is 1. The van der Waals surface area contributed by atoms with Crippen LogP contribution in [0.15, 0.2) is 53.4 Å². The summed E-state index contributed by atoms with van der Waals surface area (Å²) in [5.41, 5.74) is 0.740. The molecule has 35 heavy (non-hydrogen) atoms. The van der Waals surface area contributed by atoms with Gasteiger partial charge in [0.25, 0.3) is 15.9 Å². The van der Waals surface area contributed by atoms with Crippen LogP contribution in [0.3, 0.4) is 0 Å². The average Bonchev–Trinajstić information content (AvgIpc) is 3.43. The van der Waals surface area contributed by atoms with Gasteiger partial charge in [-0.3, -0.25) is 14.4 Å². The monoisotopic (exact) mass is 499 g/mol. The summed E-state index contributed by atoms with van der Waals surface area (Å²) in [5.74, 6) is -1.12. The number of amides is 3. The number of fused-ring (bicyclic) bond motifs is 1. The van der Waals surface area contributed by atoms with E-state index in [1.54, 1.807) is 37.3 Å². The van der Waals surface area contributed by atoms with Gasteiger partial charge in [-0.25, -0.2) is 12.7 Å². The van der Waals surface area contributed by atoms with Crippen molar-refractivity contribution in [3.05, 3.63) is 59.7 Å². The number of carbonyl (C=O) groups excluding carboxylic acids is 3. The number of methoxy groups -OCH3 is 1. The Morgan fingerprint density at radius 2 is 1.86 bits per heavy atom. The van der Waals surface area contributed by atoms with Crippen molar-refractivity contribution in [3.8, 4) is 5.75 Å². The Morgan fingerprint density at radius 1 is 1.14 bits per heavy atom. The summed E-state index contributed by atoms with van der Waals surface area (Å²) in [5, 5.41) is 3.00. The number of rotatable bonds is 8. The number of sulfonamides is 1. The van der Waals surface area contributed by atoms with E-state index in [9.17, 15) is 22.8 Å². The van der Waals surface area contributed by atoms with Gasteiger partial charge in [-0.15, -0.1) is 0 Å². The second kappa shape index (κ2) is 10.1. The molecule has 0 aromatic heterocycles. The number of ether oxygens (including phenoxy) is 1. The van der Waals surface area contributed by atoms with Gasteiger partial charge in [0.05, 0.1) is 12.7 Å². The molecule has 1 N–H and O–H groups in total. The van der Waals surface area contributed by atoms with E-state index in [1.165, 1.54) is 30.2 Å². The van der Waals surface area contributed by atoms with Gasteiger partial charge in [-0.05, 0) is 49.6 Å². The zero-order chi connectivity index (χ0) is 25.2. The van der Waals surface area contributed by atoms with Gasteiger partial charge >= 0.3 is 0 Å². The molecule has 1 aliphatic carbocycles. The van der Waals surface area contributed by atoms with E-state index in [2.05, 4.69) is 5.32 Å². The maximum absolute atomic E-state index is 13.5. The van der Waals surface area contributed by atoms with Crippen LogP contribution in [-0.4, -0.2) is 61.1 Å². The third-order valence-electron chi connectivity index (χ3n) is 6.55. The van der Waals surface area contributed by atoms with Crippen molar-refractivity contribution in [1.29, 1.82) is 0 Å².